The van der Waals surface area contributed by atoms with E-state index in [-0.39, 0.29) is 18.5 Å². The first-order valence-corrected chi connectivity index (χ1v) is 11.8. The molecule has 0 aliphatic heterocycles. The van der Waals surface area contributed by atoms with E-state index in [1.165, 1.54) is 0 Å². The normalized spacial score (nSPS) is 10.8. The van der Waals surface area contributed by atoms with Crippen molar-refractivity contribution in [1.29, 1.82) is 0 Å². The van der Waals surface area contributed by atoms with E-state index in [9.17, 15) is 4.79 Å². The molecular weight excluding hydrogens is 450 g/mol. The van der Waals surface area contributed by atoms with Gasteiger partial charge in [0.1, 0.15) is 12.3 Å². The molecule has 1 amide bonds. The van der Waals surface area contributed by atoms with Gasteiger partial charge in [0.25, 0.3) is 5.91 Å². The molecule has 3 rings (SSSR count). The molecule has 0 bridgehead atoms. The number of carbonyl (C=O) groups excluding carboxylic acids is 1. The predicted molar refractivity (Wildman–Crippen MR) is 131 cm³/mol. The summed E-state index contributed by atoms with van der Waals surface area (Å²) in [6.45, 7) is 10.9. The Kier molecular flexibility index (Phi) is 8.94. The summed E-state index contributed by atoms with van der Waals surface area (Å²) in [6.07, 6.45) is 0. The van der Waals surface area contributed by atoms with Crippen molar-refractivity contribution in [3.8, 4) is 34.4 Å². The van der Waals surface area contributed by atoms with E-state index in [0.717, 1.165) is 11.3 Å². The second-order valence-electron chi connectivity index (χ2n) is 7.87. The second-order valence-corrected chi connectivity index (χ2v) is 7.87. The Morgan fingerprint density at radius 3 is 2.09 bits per heavy atom. The smallest absolute Gasteiger partial charge is 0.254 e. The molecule has 35 heavy (non-hydrogen) atoms. The van der Waals surface area contributed by atoms with Crippen LogP contribution in [-0.4, -0.2) is 53.9 Å². The van der Waals surface area contributed by atoms with Gasteiger partial charge in [-0.2, -0.15) is 4.98 Å². The lowest BCUT2D eigenvalue weighted by atomic mass is 10.1. The summed E-state index contributed by atoms with van der Waals surface area (Å²) in [6, 6.07) is 10.6. The number of carbonyl (C=O) groups is 1. The summed E-state index contributed by atoms with van der Waals surface area (Å²) in [7, 11) is 1.61. The zero-order valence-corrected chi connectivity index (χ0v) is 21.2. The number of amides is 1. The van der Waals surface area contributed by atoms with Crippen molar-refractivity contribution < 1.29 is 28.3 Å². The third-order valence-electron chi connectivity index (χ3n) is 5.16. The average Bonchev–Trinajstić information content (AvgIpc) is 3.33. The lowest BCUT2D eigenvalue weighted by molar-refractivity contribution is 0.0666. The van der Waals surface area contributed by atoms with Crippen molar-refractivity contribution in [3.05, 3.63) is 47.9 Å². The first-order chi connectivity index (χ1) is 16.9. The highest BCUT2D eigenvalue weighted by Crippen LogP contribution is 2.39. The maximum Gasteiger partial charge on any atom is 0.254 e. The number of hydrogen-bond donors (Lipinski definition) is 0. The van der Waals surface area contributed by atoms with E-state index in [0.29, 0.717) is 54.3 Å². The Balaban J connectivity index is 1.89. The Morgan fingerprint density at radius 1 is 0.971 bits per heavy atom. The van der Waals surface area contributed by atoms with Crippen LogP contribution in [0.5, 0.6) is 23.0 Å². The average molecular weight is 484 g/mol. The Morgan fingerprint density at radius 2 is 1.57 bits per heavy atom. The Bertz CT molecular complexity index is 1080. The molecule has 0 saturated heterocycles. The van der Waals surface area contributed by atoms with Crippen molar-refractivity contribution in [3.63, 3.8) is 0 Å². The molecule has 0 aliphatic carbocycles. The molecule has 188 valence electrons. The highest BCUT2D eigenvalue weighted by molar-refractivity contribution is 5.95. The number of hydrogen-bond acceptors (Lipinski definition) is 8. The van der Waals surface area contributed by atoms with Gasteiger partial charge in [0, 0.05) is 17.2 Å². The van der Waals surface area contributed by atoms with E-state index in [1.54, 1.807) is 24.1 Å². The predicted octanol–water partition coefficient (Wildman–Crippen LogP) is 4.99. The first kappa shape index (κ1) is 25.9. The lowest BCUT2D eigenvalue weighted by Gasteiger charge is -2.26. The number of benzene rings is 2. The van der Waals surface area contributed by atoms with E-state index in [4.69, 9.17) is 23.5 Å². The van der Waals surface area contributed by atoms with Gasteiger partial charge in [0.15, 0.2) is 11.5 Å². The standard InChI is InChI=1S/C26H33N3O6/c1-7-32-21-14-19(15-22(33-8-2)24(21)34-9-3)26(30)29(17(4)5)16-23-27-25(28-35-23)18-10-12-20(31-6)13-11-18/h10-15,17H,7-9,16H2,1-6H3. The largest absolute Gasteiger partial charge is 0.497 e. The molecule has 0 saturated carbocycles. The highest BCUT2D eigenvalue weighted by atomic mass is 16.5. The summed E-state index contributed by atoms with van der Waals surface area (Å²) in [5.74, 6) is 2.72. The van der Waals surface area contributed by atoms with Gasteiger partial charge in [-0.25, -0.2) is 0 Å². The van der Waals surface area contributed by atoms with Gasteiger partial charge in [0.05, 0.1) is 26.9 Å². The SMILES string of the molecule is CCOc1cc(C(=O)N(Cc2nc(-c3ccc(OC)cc3)no2)C(C)C)cc(OCC)c1OCC. The van der Waals surface area contributed by atoms with Crippen LogP contribution in [-0.2, 0) is 6.54 Å². The molecular formula is C26H33N3O6. The molecule has 0 unspecified atom stereocenters. The van der Waals surface area contributed by atoms with Gasteiger partial charge >= 0.3 is 0 Å². The molecule has 0 radical (unpaired) electrons. The number of methoxy groups -OCH3 is 1. The molecule has 0 aliphatic rings. The molecule has 3 aromatic rings. The van der Waals surface area contributed by atoms with Gasteiger partial charge in [-0.15, -0.1) is 0 Å². The minimum atomic E-state index is -0.214. The van der Waals surface area contributed by atoms with Crippen LogP contribution in [0.2, 0.25) is 0 Å². The van der Waals surface area contributed by atoms with Crippen molar-refractivity contribution >= 4 is 5.91 Å². The molecule has 0 fully saturated rings. The van der Waals surface area contributed by atoms with Crippen molar-refractivity contribution in [2.24, 2.45) is 0 Å². The molecule has 0 N–H and O–H groups in total. The zero-order valence-electron chi connectivity index (χ0n) is 21.2. The third kappa shape index (κ3) is 6.23. The van der Waals surface area contributed by atoms with Crippen LogP contribution in [0.15, 0.2) is 40.9 Å². The summed E-state index contributed by atoms with van der Waals surface area (Å²) >= 11 is 0. The number of ether oxygens (including phenoxy) is 4. The van der Waals surface area contributed by atoms with E-state index in [2.05, 4.69) is 10.1 Å². The fourth-order valence-electron chi connectivity index (χ4n) is 3.49. The molecule has 9 heteroatoms. The Hall–Kier alpha value is -3.75. The van der Waals surface area contributed by atoms with E-state index >= 15 is 0 Å². The summed E-state index contributed by atoms with van der Waals surface area (Å²) in [5, 5.41) is 4.07. The molecule has 0 spiro atoms. The van der Waals surface area contributed by atoms with Crippen LogP contribution in [0.4, 0.5) is 0 Å². The van der Waals surface area contributed by atoms with Gasteiger partial charge in [-0.1, -0.05) is 5.16 Å². The minimum absolute atomic E-state index is 0.128. The van der Waals surface area contributed by atoms with Crippen molar-refractivity contribution in [1.82, 2.24) is 15.0 Å². The lowest BCUT2D eigenvalue weighted by Crippen LogP contribution is -2.36. The Labute approximate surface area is 205 Å². The molecule has 1 aromatic heterocycles. The fourth-order valence-corrected chi connectivity index (χ4v) is 3.49. The topological polar surface area (TPSA) is 96.2 Å². The van der Waals surface area contributed by atoms with Crippen molar-refractivity contribution in [2.75, 3.05) is 26.9 Å². The molecule has 9 nitrogen and oxygen atoms in total. The van der Waals surface area contributed by atoms with Gasteiger partial charge < -0.3 is 28.4 Å². The number of rotatable bonds is 12. The van der Waals surface area contributed by atoms with Crippen molar-refractivity contribution in [2.45, 2.75) is 47.2 Å². The highest BCUT2D eigenvalue weighted by Gasteiger charge is 2.25. The first-order valence-electron chi connectivity index (χ1n) is 11.8. The molecule has 1 heterocycles. The third-order valence-corrected chi connectivity index (χ3v) is 5.16. The van der Waals surface area contributed by atoms with Gasteiger partial charge in [-0.05, 0) is 71.0 Å². The maximum absolute atomic E-state index is 13.6. The summed E-state index contributed by atoms with van der Waals surface area (Å²) in [4.78, 5) is 19.7. The number of aromatic nitrogens is 2. The quantitative estimate of drug-likeness (QED) is 0.355. The van der Waals surface area contributed by atoms with Crippen LogP contribution in [0.25, 0.3) is 11.4 Å². The molecule has 0 atom stereocenters. The fraction of sp³-hybridized carbons (Fsp3) is 0.423. The summed E-state index contributed by atoms with van der Waals surface area (Å²) < 4.78 is 27.9. The van der Waals surface area contributed by atoms with Gasteiger partial charge in [-0.3, -0.25) is 4.79 Å². The van der Waals surface area contributed by atoms with Crippen LogP contribution in [0, 0.1) is 0 Å². The van der Waals surface area contributed by atoms with E-state index in [1.807, 2.05) is 58.9 Å². The van der Waals surface area contributed by atoms with Gasteiger partial charge in [0.2, 0.25) is 17.5 Å². The zero-order chi connectivity index (χ0) is 25.4. The minimum Gasteiger partial charge on any atom is -0.497 e. The van der Waals surface area contributed by atoms with Crippen LogP contribution < -0.4 is 18.9 Å². The van der Waals surface area contributed by atoms with Crippen LogP contribution >= 0.6 is 0 Å². The summed E-state index contributed by atoms with van der Waals surface area (Å²) in [5.41, 5.74) is 1.21. The van der Waals surface area contributed by atoms with Crippen LogP contribution in [0.3, 0.4) is 0 Å². The second kappa shape index (κ2) is 12.1. The number of nitrogens with zero attached hydrogens (tertiary/aromatic N) is 3. The molecule has 2 aromatic carbocycles. The monoisotopic (exact) mass is 483 g/mol. The van der Waals surface area contributed by atoms with Crippen LogP contribution in [0.1, 0.15) is 50.9 Å². The van der Waals surface area contributed by atoms with E-state index < -0.39 is 0 Å². The maximum atomic E-state index is 13.6.